The van der Waals surface area contributed by atoms with E-state index in [1.54, 1.807) is 0 Å². The lowest BCUT2D eigenvalue weighted by Gasteiger charge is -2.27. The van der Waals surface area contributed by atoms with Crippen LogP contribution in [0.25, 0.3) is 0 Å². The SMILES string of the molecule is NC(=O)C1C2C=CC(C2)C1Nc1nc(Cl)nc2c1CCN2. The lowest BCUT2D eigenvalue weighted by molar-refractivity contribution is -0.122. The van der Waals surface area contributed by atoms with E-state index < -0.39 is 0 Å². The molecule has 3 aliphatic rings. The topological polar surface area (TPSA) is 92.9 Å². The third-order valence-electron chi connectivity index (χ3n) is 4.74. The third kappa shape index (κ3) is 1.97. The largest absolute Gasteiger partial charge is 0.369 e. The van der Waals surface area contributed by atoms with Gasteiger partial charge in [-0.3, -0.25) is 4.79 Å². The van der Waals surface area contributed by atoms with Crippen LogP contribution in [0.1, 0.15) is 12.0 Å². The first kappa shape index (κ1) is 12.9. The van der Waals surface area contributed by atoms with Crippen LogP contribution in [0, 0.1) is 17.8 Å². The molecule has 7 heteroatoms. The molecule has 4 unspecified atom stereocenters. The van der Waals surface area contributed by atoms with Crippen molar-refractivity contribution in [1.29, 1.82) is 0 Å². The van der Waals surface area contributed by atoms with Crippen LogP contribution in [-0.4, -0.2) is 28.5 Å². The first-order chi connectivity index (χ1) is 10.1. The highest BCUT2D eigenvalue weighted by molar-refractivity contribution is 6.28. The van der Waals surface area contributed by atoms with Gasteiger partial charge in [-0.05, 0) is 36.3 Å². The van der Waals surface area contributed by atoms with Gasteiger partial charge in [-0.25, -0.2) is 9.97 Å². The molecule has 0 spiro atoms. The molecule has 2 heterocycles. The summed E-state index contributed by atoms with van der Waals surface area (Å²) in [6.07, 6.45) is 6.11. The lowest BCUT2D eigenvalue weighted by atomic mass is 9.88. The van der Waals surface area contributed by atoms with E-state index in [0.29, 0.717) is 5.92 Å². The molecule has 21 heavy (non-hydrogen) atoms. The molecule has 2 aliphatic carbocycles. The van der Waals surface area contributed by atoms with E-state index in [2.05, 4.69) is 32.8 Å². The number of allylic oxidation sites excluding steroid dienone is 1. The Kier molecular flexibility index (Phi) is 2.82. The maximum absolute atomic E-state index is 11.8. The number of aromatic nitrogens is 2. The summed E-state index contributed by atoms with van der Waals surface area (Å²) in [5.74, 6) is 1.65. The Morgan fingerprint density at radius 3 is 3.00 bits per heavy atom. The summed E-state index contributed by atoms with van der Waals surface area (Å²) in [5, 5.41) is 6.82. The van der Waals surface area contributed by atoms with Gasteiger partial charge in [-0.1, -0.05) is 12.2 Å². The Bertz CT molecular complexity index is 646. The minimum atomic E-state index is -0.251. The highest BCUT2D eigenvalue weighted by Gasteiger charge is 2.47. The summed E-state index contributed by atoms with van der Waals surface area (Å²) in [5.41, 5.74) is 6.62. The van der Waals surface area contributed by atoms with E-state index in [1.807, 2.05) is 0 Å². The molecule has 1 saturated carbocycles. The summed E-state index contributed by atoms with van der Waals surface area (Å²) >= 11 is 5.98. The van der Waals surface area contributed by atoms with Crippen LogP contribution < -0.4 is 16.4 Å². The Labute approximate surface area is 127 Å². The highest BCUT2D eigenvalue weighted by Crippen LogP contribution is 2.45. The number of nitrogens with one attached hydrogen (secondary N) is 2. The molecule has 0 saturated heterocycles. The van der Waals surface area contributed by atoms with Gasteiger partial charge in [0, 0.05) is 18.2 Å². The van der Waals surface area contributed by atoms with Crippen LogP contribution >= 0.6 is 11.6 Å². The average molecular weight is 306 g/mol. The van der Waals surface area contributed by atoms with Crippen molar-refractivity contribution in [3.05, 3.63) is 23.0 Å². The maximum atomic E-state index is 11.8. The zero-order valence-corrected chi connectivity index (χ0v) is 12.1. The summed E-state index contributed by atoms with van der Waals surface area (Å²) < 4.78 is 0. The molecular weight excluding hydrogens is 290 g/mol. The standard InChI is InChI=1S/C14H16ClN5O/c15-14-19-12-8(3-4-17-12)13(20-14)18-10-7-2-1-6(5-7)9(10)11(16)21/h1-2,6-7,9-10H,3-5H2,(H2,16,21)(H2,17,18,19,20). The minimum Gasteiger partial charge on any atom is -0.369 e. The summed E-state index contributed by atoms with van der Waals surface area (Å²) in [7, 11) is 0. The van der Waals surface area contributed by atoms with Crippen molar-refractivity contribution in [3.63, 3.8) is 0 Å². The monoisotopic (exact) mass is 305 g/mol. The van der Waals surface area contributed by atoms with E-state index in [-0.39, 0.29) is 29.1 Å². The minimum absolute atomic E-state index is 0.00633. The van der Waals surface area contributed by atoms with E-state index in [9.17, 15) is 4.79 Å². The van der Waals surface area contributed by atoms with Crippen molar-refractivity contribution in [3.8, 4) is 0 Å². The first-order valence-corrected chi connectivity index (χ1v) is 7.56. The van der Waals surface area contributed by atoms with Crippen molar-refractivity contribution >= 4 is 29.1 Å². The Morgan fingerprint density at radius 1 is 1.38 bits per heavy atom. The number of nitrogens with zero attached hydrogens (tertiary/aromatic N) is 2. The fourth-order valence-electron chi connectivity index (χ4n) is 3.83. The first-order valence-electron chi connectivity index (χ1n) is 7.18. The van der Waals surface area contributed by atoms with Crippen molar-refractivity contribution < 1.29 is 4.79 Å². The Balaban J connectivity index is 1.67. The molecule has 6 nitrogen and oxygen atoms in total. The molecule has 4 atom stereocenters. The number of carbonyl (C=O) groups is 1. The van der Waals surface area contributed by atoms with Gasteiger partial charge in [0.25, 0.3) is 0 Å². The van der Waals surface area contributed by atoms with Gasteiger partial charge in [0.05, 0.1) is 5.92 Å². The van der Waals surface area contributed by atoms with Crippen molar-refractivity contribution in [2.45, 2.75) is 18.9 Å². The number of rotatable bonds is 3. The fourth-order valence-corrected chi connectivity index (χ4v) is 4.00. The van der Waals surface area contributed by atoms with Crippen molar-refractivity contribution in [2.75, 3.05) is 17.2 Å². The van der Waals surface area contributed by atoms with Crippen LogP contribution in [0.4, 0.5) is 11.6 Å². The second-order valence-corrected chi connectivity index (χ2v) is 6.23. The molecule has 1 aromatic heterocycles. The molecule has 1 amide bonds. The number of hydrogen-bond acceptors (Lipinski definition) is 5. The van der Waals surface area contributed by atoms with Crippen LogP contribution in [0.2, 0.25) is 5.28 Å². The molecule has 110 valence electrons. The predicted molar refractivity (Wildman–Crippen MR) is 80.1 cm³/mol. The number of halogens is 1. The van der Waals surface area contributed by atoms with Gasteiger partial charge in [-0.2, -0.15) is 0 Å². The Hall–Kier alpha value is -1.82. The number of amides is 1. The zero-order chi connectivity index (χ0) is 14.6. The number of nitrogens with two attached hydrogens (primary N) is 1. The fraction of sp³-hybridized carbons (Fsp3) is 0.500. The maximum Gasteiger partial charge on any atom is 0.226 e. The number of fused-ring (bicyclic) bond motifs is 3. The normalized spacial score (nSPS) is 32.0. The quantitative estimate of drug-likeness (QED) is 0.576. The summed E-state index contributed by atoms with van der Waals surface area (Å²) in [6.45, 7) is 0.828. The molecule has 4 N–H and O–H groups in total. The van der Waals surface area contributed by atoms with Crippen molar-refractivity contribution in [2.24, 2.45) is 23.5 Å². The van der Waals surface area contributed by atoms with Crippen LogP contribution in [0.3, 0.4) is 0 Å². The molecule has 1 aliphatic heterocycles. The molecule has 1 fully saturated rings. The smallest absolute Gasteiger partial charge is 0.226 e. The zero-order valence-electron chi connectivity index (χ0n) is 11.3. The molecular formula is C14H16ClN5O. The molecule has 4 rings (SSSR count). The van der Waals surface area contributed by atoms with E-state index >= 15 is 0 Å². The van der Waals surface area contributed by atoms with Gasteiger partial charge < -0.3 is 16.4 Å². The van der Waals surface area contributed by atoms with Gasteiger partial charge in [0.1, 0.15) is 11.6 Å². The van der Waals surface area contributed by atoms with Gasteiger partial charge in [0.2, 0.25) is 11.2 Å². The highest BCUT2D eigenvalue weighted by atomic mass is 35.5. The number of anilines is 2. The molecule has 2 bridgehead atoms. The second kappa shape index (κ2) is 4.59. The number of hydrogen-bond donors (Lipinski definition) is 3. The molecule has 0 aromatic carbocycles. The van der Waals surface area contributed by atoms with Crippen LogP contribution in [-0.2, 0) is 11.2 Å². The van der Waals surface area contributed by atoms with E-state index in [1.165, 1.54) is 0 Å². The number of carbonyl (C=O) groups excluding carboxylic acids is 1. The molecule has 1 aromatic rings. The van der Waals surface area contributed by atoms with Crippen molar-refractivity contribution in [1.82, 2.24) is 9.97 Å². The van der Waals surface area contributed by atoms with Crippen LogP contribution in [0.15, 0.2) is 12.2 Å². The predicted octanol–water partition coefficient (Wildman–Crippen LogP) is 1.19. The van der Waals surface area contributed by atoms with Gasteiger partial charge in [0.15, 0.2) is 0 Å². The van der Waals surface area contributed by atoms with Crippen LogP contribution in [0.5, 0.6) is 0 Å². The van der Waals surface area contributed by atoms with E-state index in [0.717, 1.165) is 36.6 Å². The second-order valence-electron chi connectivity index (χ2n) is 5.89. The molecule has 0 radical (unpaired) electrons. The number of primary amides is 1. The van der Waals surface area contributed by atoms with E-state index in [4.69, 9.17) is 17.3 Å². The Morgan fingerprint density at radius 2 is 2.19 bits per heavy atom. The summed E-state index contributed by atoms with van der Waals surface area (Å²) in [4.78, 5) is 20.3. The average Bonchev–Trinajstić information content (AvgIpc) is 3.11. The summed E-state index contributed by atoms with van der Waals surface area (Å²) in [6, 6.07) is -0.00633. The van der Waals surface area contributed by atoms with Gasteiger partial charge >= 0.3 is 0 Å². The third-order valence-corrected chi connectivity index (χ3v) is 4.91. The lowest BCUT2D eigenvalue weighted by Crippen LogP contribution is -2.41. The van der Waals surface area contributed by atoms with Gasteiger partial charge in [-0.15, -0.1) is 0 Å².